The molecule has 130 valence electrons. The van der Waals surface area contributed by atoms with Crippen LogP contribution in [0.5, 0.6) is 5.75 Å². The Labute approximate surface area is 159 Å². The lowest BCUT2D eigenvalue weighted by Gasteiger charge is -2.09. The minimum atomic E-state index is -0.309. The Kier molecular flexibility index (Phi) is 4.45. The Bertz CT molecular complexity index is 1120. The second-order valence-electron chi connectivity index (χ2n) is 5.70. The number of furan rings is 1. The van der Waals surface area contributed by atoms with Gasteiger partial charge in [0.2, 0.25) is 0 Å². The summed E-state index contributed by atoms with van der Waals surface area (Å²) in [7, 11) is 0. The average Bonchev–Trinajstić information content (AvgIpc) is 3.00. The lowest BCUT2D eigenvalue weighted by molar-refractivity contribution is -0.118. The number of para-hydroxylation sites is 1. The molecule has 0 spiro atoms. The molecule has 1 N–H and O–H groups in total. The maximum absolute atomic E-state index is 12.1. The highest BCUT2D eigenvalue weighted by atomic mass is 35.5. The van der Waals surface area contributed by atoms with Gasteiger partial charge in [0.25, 0.3) is 5.91 Å². The predicted molar refractivity (Wildman–Crippen MR) is 104 cm³/mol. The van der Waals surface area contributed by atoms with Gasteiger partial charge in [0, 0.05) is 22.5 Å². The first-order valence-electron chi connectivity index (χ1n) is 7.90. The molecule has 0 saturated heterocycles. The van der Waals surface area contributed by atoms with Crippen LogP contribution in [-0.2, 0) is 4.79 Å². The second-order valence-corrected chi connectivity index (χ2v) is 6.48. The van der Waals surface area contributed by atoms with Crippen LogP contribution in [0.4, 0.5) is 5.69 Å². The SMILES string of the molecule is O=C(COc1cccc(Cl)c1Cl)Nc1ccc2c(c1)oc1ccccc12. The standard InChI is InChI=1S/C20H13Cl2NO3/c21-15-5-3-7-17(20(15)22)25-11-19(24)23-12-8-9-14-13-4-1-2-6-16(13)26-18(14)10-12/h1-10H,11H2,(H,23,24). The summed E-state index contributed by atoms with van der Waals surface area (Å²) in [6, 6.07) is 18.4. The molecule has 0 atom stereocenters. The summed E-state index contributed by atoms with van der Waals surface area (Å²) in [5.41, 5.74) is 2.15. The van der Waals surface area contributed by atoms with Crippen molar-refractivity contribution in [2.75, 3.05) is 11.9 Å². The van der Waals surface area contributed by atoms with Crippen molar-refractivity contribution in [3.63, 3.8) is 0 Å². The van der Waals surface area contributed by atoms with Gasteiger partial charge in [-0.25, -0.2) is 0 Å². The van der Waals surface area contributed by atoms with E-state index in [4.69, 9.17) is 32.4 Å². The van der Waals surface area contributed by atoms with E-state index in [9.17, 15) is 4.79 Å². The maximum Gasteiger partial charge on any atom is 0.262 e. The smallest absolute Gasteiger partial charge is 0.262 e. The zero-order valence-corrected chi connectivity index (χ0v) is 15.0. The summed E-state index contributed by atoms with van der Waals surface area (Å²) in [6.07, 6.45) is 0. The fourth-order valence-corrected chi connectivity index (χ4v) is 3.09. The first-order chi connectivity index (χ1) is 12.6. The van der Waals surface area contributed by atoms with Crippen molar-refractivity contribution in [1.29, 1.82) is 0 Å². The van der Waals surface area contributed by atoms with Gasteiger partial charge in [-0.1, -0.05) is 47.5 Å². The van der Waals surface area contributed by atoms with E-state index in [1.54, 1.807) is 24.3 Å². The number of anilines is 1. The van der Waals surface area contributed by atoms with Gasteiger partial charge in [-0.3, -0.25) is 4.79 Å². The van der Waals surface area contributed by atoms with E-state index in [2.05, 4.69) is 5.32 Å². The monoisotopic (exact) mass is 385 g/mol. The molecule has 4 aromatic rings. The highest BCUT2D eigenvalue weighted by Crippen LogP contribution is 2.32. The van der Waals surface area contributed by atoms with Crippen molar-refractivity contribution in [3.8, 4) is 5.75 Å². The zero-order valence-electron chi connectivity index (χ0n) is 13.5. The minimum Gasteiger partial charge on any atom is -0.482 e. The third-order valence-corrected chi connectivity index (χ3v) is 4.74. The third-order valence-electron chi connectivity index (χ3n) is 3.94. The molecule has 1 aromatic heterocycles. The van der Waals surface area contributed by atoms with E-state index in [0.29, 0.717) is 22.0 Å². The van der Waals surface area contributed by atoms with E-state index >= 15 is 0 Å². The minimum absolute atomic E-state index is 0.182. The predicted octanol–water partition coefficient (Wildman–Crippen LogP) is 5.91. The fourth-order valence-electron chi connectivity index (χ4n) is 2.74. The summed E-state index contributed by atoms with van der Waals surface area (Å²) in [5, 5.41) is 5.48. The van der Waals surface area contributed by atoms with Gasteiger partial charge in [0.15, 0.2) is 6.61 Å². The molecule has 6 heteroatoms. The van der Waals surface area contributed by atoms with E-state index in [0.717, 1.165) is 16.4 Å². The second kappa shape index (κ2) is 6.90. The van der Waals surface area contributed by atoms with Gasteiger partial charge in [0.05, 0.1) is 5.02 Å². The quantitative estimate of drug-likeness (QED) is 0.474. The first kappa shape index (κ1) is 16.8. The van der Waals surface area contributed by atoms with E-state index in [1.165, 1.54) is 0 Å². The molecule has 0 radical (unpaired) electrons. The molecule has 1 heterocycles. The van der Waals surface area contributed by atoms with E-state index in [1.807, 2.05) is 36.4 Å². The molecular weight excluding hydrogens is 373 g/mol. The Morgan fingerprint density at radius 1 is 0.962 bits per heavy atom. The summed E-state index contributed by atoms with van der Waals surface area (Å²) >= 11 is 12.0. The van der Waals surface area contributed by atoms with Crippen molar-refractivity contribution in [3.05, 3.63) is 70.7 Å². The van der Waals surface area contributed by atoms with Crippen LogP contribution < -0.4 is 10.1 Å². The lowest BCUT2D eigenvalue weighted by atomic mass is 10.1. The van der Waals surface area contributed by atoms with Crippen LogP contribution >= 0.6 is 23.2 Å². The number of hydrogen-bond acceptors (Lipinski definition) is 3. The Balaban J connectivity index is 1.48. The molecule has 0 unspecified atom stereocenters. The molecule has 0 bridgehead atoms. The van der Waals surface area contributed by atoms with Gasteiger partial charge >= 0.3 is 0 Å². The molecular formula is C20H13Cl2NO3. The molecule has 0 aliphatic carbocycles. The Morgan fingerprint density at radius 3 is 2.65 bits per heavy atom. The number of halogens is 2. The molecule has 0 saturated carbocycles. The molecule has 4 rings (SSSR count). The van der Waals surface area contributed by atoms with Crippen molar-refractivity contribution in [2.45, 2.75) is 0 Å². The van der Waals surface area contributed by atoms with Crippen molar-refractivity contribution >= 4 is 56.7 Å². The fraction of sp³-hybridized carbons (Fsp3) is 0.0500. The van der Waals surface area contributed by atoms with Gasteiger partial charge in [0.1, 0.15) is 21.9 Å². The normalized spacial score (nSPS) is 11.0. The number of carbonyl (C=O) groups excluding carboxylic acids is 1. The van der Waals surface area contributed by atoms with Crippen LogP contribution in [0.25, 0.3) is 21.9 Å². The number of carbonyl (C=O) groups is 1. The summed E-state index contributed by atoms with van der Waals surface area (Å²) < 4.78 is 11.3. The van der Waals surface area contributed by atoms with Crippen LogP contribution in [0.2, 0.25) is 10.0 Å². The van der Waals surface area contributed by atoms with Gasteiger partial charge in [-0.05, 0) is 30.3 Å². The largest absolute Gasteiger partial charge is 0.482 e. The number of ether oxygens (including phenoxy) is 1. The molecule has 26 heavy (non-hydrogen) atoms. The number of rotatable bonds is 4. The van der Waals surface area contributed by atoms with Crippen molar-refractivity contribution in [1.82, 2.24) is 0 Å². The van der Waals surface area contributed by atoms with Crippen LogP contribution in [0.1, 0.15) is 0 Å². The van der Waals surface area contributed by atoms with E-state index < -0.39 is 0 Å². The highest BCUT2D eigenvalue weighted by molar-refractivity contribution is 6.42. The number of amides is 1. The molecule has 4 nitrogen and oxygen atoms in total. The molecule has 3 aromatic carbocycles. The van der Waals surface area contributed by atoms with Crippen molar-refractivity contribution in [2.24, 2.45) is 0 Å². The van der Waals surface area contributed by atoms with Crippen LogP contribution in [-0.4, -0.2) is 12.5 Å². The van der Waals surface area contributed by atoms with E-state index in [-0.39, 0.29) is 17.5 Å². The Morgan fingerprint density at radius 2 is 1.77 bits per heavy atom. The summed E-state index contributed by atoms with van der Waals surface area (Å²) in [5.74, 6) is 0.0542. The zero-order chi connectivity index (χ0) is 18.1. The molecule has 0 aliphatic heterocycles. The maximum atomic E-state index is 12.1. The van der Waals surface area contributed by atoms with Gasteiger partial charge in [-0.2, -0.15) is 0 Å². The van der Waals surface area contributed by atoms with Crippen LogP contribution in [0, 0.1) is 0 Å². The summed E-state index contributed by atoms with van der Waals surface area (Å²) in [4.78, 5) is 12.1. The van der Waals surface area contributed by atoms with Crippen LogP contribution in [0.15, 0.2) is 65.1 Å². The summed E-state index contributed by atoms with van der Waals surface area (Å²) in [6.45, 7) is -0.182. The number of benzene rings is 3. The third kappa shape index (κ3) is 3.21. The van der Waals surface area contributed by atoms with Gasteiger partial charge in [-0.15, -0.1) is 0 Å². The Hall–Kier alpha value is -2.69. The number of nitrogens with one attached hydrogen (secondary N) is 1. The first-order valence-corrected chi connectivity index (χ1v) is 8.65. The topological polar surface area (TPSA) is 51.5 Å². The average molecular weight is 386 g/mol. The molecule has 0 aliphatic rings. The van der Waals surface area contributed by atoms with Gasteiger partial charge < -0.3 is 14.5 Å². The molecule has 0 fully saturated rings. The van der Waals surface area contributed by atoms with Crippen molar-refractivity contribution < 1.29 is 13.9 Å². The van der Waals surface area contributed by atoms with Crippen LogP contribution in [0.3, 0.4) is 0 Å². The number of hydrogen-bond donors (Lipinski definition) is 1. The molecule has 1 amide bonds. The lowest BCUT2D eigenvalue weighted by Crippen LogP contribution is -2.20. The highest BCUT2D eigenvalue weighted by Gasteiger charge is 2.11. The number of fused-ring (bicyclic) bond motifs is 3.